The molecule has 0 saturated carbocycles. The van der Waals surface area contributed by atoms with E-state index in [1.165, 1.54) is 23.0 Å². The Hall–Kier alpha value is -2.96. The van der Waals surface area contributed by atoms with Gasteiger partial charge < -0.3 is 9.52 Å². The number of halogens is 1. The van der Waals surface area contributed by atoms with Gasteiger partial charge in [-0.2, -0.15) is 0 Å². The third-order valence-electron chi connectivity index (χ3n) is 3.00. The van der Waals surface area contributed by atoms with Crippen molar-refractivity contribution in [2.75, 3.05) is 0 Å². The van der Waals surface area contributed by atoms with Crippen molar-refractivity contribution in [3.05, 3.63) is 64.2 Å². The predicted molar refractivity (Wildman–Crippen MR) is 70.7 cm³/mol. The number of fused-ring (bicyclic) bond motifs is 1. The average Bonchev–Trinajstić information content (AvgIpc) is 2.89. The number of benzene rings is 1. The van der Waals surface area contributed by atoms with Crippen LogP contribution in [0.3, 0.4) is 0 Å². The van der Waals surface area contributed by atoms with Gasteiger partial charge >= 0.3 is 5.97 Å². The molecule has 0 aliphatic heterocycles. The van der Waals surface area contributed by atoms with E-state index in [-0.39, 0.29) is 29.2 Å². The number of nitrogens with zero attached hydrogens (tertiary/aromatic N) is 2. The van der Waals surface area contributed by atoms with Gasteiger partial charge in [-0.1, -0.05) is 12.1 Å². The number of furan rings is 1. The number of rotatable bonds is 3. The number of hydrogen-bond donors (Lipinski definition) is 1. The van der Waals surface area contributed by atoms with E-state index in [2.05, 4.69) is 4.98 Å². The van der Waals surface area contributed by atoms with E-state index < -0.39 is 11.5 Å². The van der Waals surface area contributed by atoms with Crippen LogP contribution < -0.4 is 5.56 Å². The molecule has 0 unspecified atom stereocenters. The Bertz CT molecular complexity index is 880. The molecule has 21 heavy (non-hydrogen) atoms. The van der Waals surface area contributed by atoms with E-state index in [1.807, 2.05) is 0 Å². The number of carboxylic acid groups (broad SMARTS) is 1. The van der Waals surface area contributed by atoms with E-state index in [0.717, 1.165) is 11.6 Å². The molecule has 0 atom stereocenters. The summed E-state index contributed by atoms with van der Waals surface area (Å²) in [5.74, 6) is -1.97. The van der Waals surface area contributed by atoms with Gasteiger partial charge in [0.05, 0.1) is 6.54 Å². The Morgan fingerprint density at radius 1 is 1.33 bits per heavy atom. The maximum Gasteiger partial charge on any atom is 0.371 e. The van der Waals surface area contributed by atoms with Gasteiger partial charge in [-0.3, -0.25) is 9.36 Å². The van der Waals surface area contributed by atoms with Crippen LogP contribution in [-0.2, 0) is 6.54 Å². The van der Waals surface area contributed by atoms with Crippen LogP contribution in [0, 0.1) is 5.82 Å². The molecular weight excluding hydrogens is 279 g/mol. The summed E-state index contributed by atoms with van der Waals surface area (Å²) in [6, 6.07) is 6.86. The third-order valence-corrected chi connectivity index (χ3v) is 3.00. The molecule has 0 aliphatic rings. The lowest BCUT2D eigenvalue weighted by Gasteiger charge is -2.04. The van der Waals surface area contributed by atoms with Crippen molar-refractivity contribution < 1.29 is 18.7 Å². The number of aromatic carboxylic acids is 1. The van der Waals surface area contributed by atoms with E-state index in [9.17, 15) is 14.0 Å². The molecule has 3 aromatic rings. The van der Waals surface area contributed by atoms with Crippen LogP contribution in [0.4, 0.5) is 4.39 Å². The zero-order valence-electron chi connectivity index (χ0n) is 10.6. The van der Waals surface area contributed by atoms with Crippen molar-refractivity contribution in [1.29, 1.82) is 0 Å². The van der Waals surface area contributed by atoms with E-state index in [4.69, 9.17) is 9.52 Å². The topological polar surface area (TPSA) is 85.3 Å². The molecule has 2 heterocycles. The second kappa shape index (κ2) is 4.86. The summed E-state index contributed by atoms with van der Waals surface area (Å²) < 4.78 is 19.1. The van der Waals surface area contributed by atoms with Crippen LogP contribution in [0.2, 0.25) is 0 Å². The lowest BCUT2D eigenvalue weighted by Crippen LogP contribution is -2.20. The molecule has 0 saturated heterocycles. The Labute approximate surface area is 117 Å². The van der Waals surface area contributed by atoms with Gasteiger partial charge in [0.25, 0.3) is 5.56 Å². The Kier molecular flexibility index (Phi) is 3.02. The monoisotopic (exact) mass is 288 g/mol. The van der Waals surface area contributed by atoms with Gasteiger partial charge in [0.1, 0.15) is 17.5 Å². The number of hydrogen-bond acceptors (Lipinski definition) is 4. The van der Waals surface area contributed by atoms with E-state index in [1.54, 1.807) is 12.1 Å². The lowest BCUT2D eigenvalue weighted by atomic mass is 10.2. The van der Waals surface area contributed by atoms with Crippen molar-refractivity contribution in [2.45, 2.75) is 6.54 Å². The Morgan fingerprint density at radius 2 is 2.05 bits per heavy atom. The average molecular weight is 288 g/mol. The first-order valence-corrected chi connectivity index (χ1v) is 6.01. The minimum absolute atomic E-state index is 0.0206. The highest BCUT2D eigenvalue weighted by Gasteiger charge is 2.15. The molecule has 0 radical (unpaired) electrons. The fraction of sp³-hybridized carbons (Fsp3) is 0.0714. The maximum atomic E-state index is 12.8. The van der Waals surface area contributed by atoms with E-state index >= 15 is 0 Å². The number of carboxylic acids is 1. The predicted octanol–water partition coefficient (Wildman–Crippen LogP) is 1.88. The van der Waals surface area contributed by atoms with Crippen LogP contribution >= 0.6 is 0 Å². The summed E-state index contributed by atoms with van der Waals surface area (Å²) >= 11 is 0. The van der Waals surface area contributed by atoms with Gasteiger partial charge in [-0.25, -0.2) is 14.2 Å². The van der Waals surface area contributed by atoms with Gasteiger partial charge in [-0.05, 0) is 17.7 Å². The first kappa shape index (κ1) is 13.0. The van der Waals surface area contributed by atoms with E-state index in [0.29, 0.717) is 0 Å². The number of carbonyl (C=O) groups is 1. The molecule has 0 spiro atoms. The largest absolute Gasteiger partial charge is 0.475 e. The van der Waals surface area contributed by atoms with Crippen LogP contribution in [0.5, 0.6) is 0 Å². The van der Waals surface area contributed by atoms with Crippen LogP contribution in [0.15, 0.2) is 45.9 Å². The van der Waals surface area contributed by atoms with Crippen molar-refractivity contribution in [3.8, 4) is 0 Å². The maximum absolute atomic E-state index is 12.8. The highest BCUT2D eigenvalue weighted by molar-refractivity contribution is 5.89. The molecule has 0 aliphatic carbocycles. The minimum Gasteiger partial charge on any atom is -0.475 e. The first-order valence-electron chi connectivity index (χ1n) is 6.01. The Morgan fingerprint density at radius 3 is 2.71 bits per heavy atom. The first-order chi connectivity index (χ1) is 10.0. The SMILES string of the molecule is O=C(O)c1cc2c(=O)n(Cc3ccc(F)cc3)cnc2o1. The lowest BCUT2D eigenvalue weighted by molar-refractivity contribution is 0.0664. The smallest absolute Gasteiger partial charge is 0.371 e. The molecule has 1 aromatic carbocycles. The molecule has 3 rings (SSSR count). The third kappa shape index (κ3) is 2.40. The molecule has 0 bridgehead atoms. The zero-order valence-corrected chi connectivity index (χ0v) is 10.6. The molecule has 1 N–H and O–H groups in total. The molecule has 0 amide bonds. The minimum atomic E-state index is -1.27. The quantitative estimate of drug-likeness (QED) is 0.795. The van der Waals surface area contributed by atoms with Crippen LogP contribution in [-0.4, -0.2) is 20.6 Å². The number of aromatic nitrogens is 2. The standard InChI is InChI=1S/C14H9FN2O4/c15-9-3-1-8(2-4-9)6-17-7-16-12-10(13(17)18)5-11(21-12)14(19)20/h1-5,7H,6H2,(H,19,20). The molecule has 6 nitrogen and oxygen atoms in total. The second-order valence-electron chi connectivity index (χ2n) is 4.44. The van der Waals surface area contributed by atoms with Gasteiger partial charge in [0.2, 0.25) is 11.5 Å². The molecule has 7 heteroatoms. The fourth-order valence-corrected chi connectivity index (χ4v) is 1.96. The highest BCUT2D eigenvalue weighted by Crippen LogP contribution is 2.13. The molecular formula is C14H9FN2O4. The van der Waals surface area contributed by atoms with Crippen LogP contribution in [0.25, 0.3) is 11.1 Å². The Balaban J connectivity index is 2.03. The second-order valence-corrected chi connectivity index (χ2v) is 4.44. The summed E-state index contributed by atoms with van der Waals surface area (Å²) in [4.78, 5) is 27.0. The van der Waals surface area contributed by atoms with Crippen molar-refractivity contribution in [3.63, 3.8) is 0 Å². The van der Waals surface area contributed by atoms with Gasteiger partial charge in [0.15, 0.2) is 0 Å². The molecule has 0 fully saturated rings. The van der Waals surface area contributed by atoms with Crippen molar-refractivity contribution in [1.82, 2.24) is 9.55 Å². The van der Waals surface area contributed by atoms with Gasteiger partial charge in [-0.15, -0.1) is 0 Å². The van der Waals surface area contributed by atoms with Crippen molar-refractivity contribution >= 4 is 17.1 Å². The summed E-state index contributed by atoms with van der Waals surface area (Å²) in [6.45, 7) is 0.204. The van der Waals surface area contributed by atoms with Crippen LogP contribution in [0.1, 0.15) is 16.1 Å². The summed E-state index contributed by atoms with van der Waals surface area (Å²) in [7, 11) is 0. The fourth-order valence-electron chi connectivity index (χ4n) is 1.96. The summed E-state index contributed by atoms with van der Waals surface area (Å²) in [5.41, 5.74) is 0.287. The molecule has 106 valence electrons. The van der Waals surface area contributed by atoms with Crippen molar-refractivity contribution in [2.24, 2.45) is 0 Å². The van der Waals surface area contributed by atoms with Gasteiger partial charge in [0, 0.05) is 6.07 Å². The zero-order chi connectivity index (χ0) is 15.0. The summed E-state index contributed by atoms with van der Waals surface area (Å²) in [5, 5.41) is 8.94. The highest BCUT2D eigenvalue weighted by atomic mass is 19.1. The molecule has 2 aromatic heterocycles. The summed E-state index contributed by atoms with van der Waals surface area (Å²) in [6.07, 6.45) is 1.27. The normalized spacial score (nSPS) is 10.9.